The first-order chi connectivity index (χ1) is 10.8. The molecular formula is C18H12N4. The minimum Gasteiger partial charge on any atom is -0.383 e. The van der Waals surface area contributed by atoms with Crippen molar-refractivity contribution >= 4 is 22.4 Å². The van der Waals surface area contributed by atoms with E-state index in [9.17, 15) is 5.26 Å². The zero-order valence-corrected chi connectivity index (χ0v) is 11.7. The van der Waals surface area contributed by atoms with Crippen molar-refractivity contribution < 1.29 is 0 Å². The minimum atomic E-state index is 0.442. The summed E-state index contributed by atoms with van der Waals surface area (Å²) in [7, 11) is 0. The van der Waals surface area contributed by atoms with Gasteiger partial charge in [0, 0.05) is 17.1 Å². The average Bonchev–Trinajstić information content (AvgIpc) is 2.94. The molecule has 0 aliphatic heterocycles. The fourth-order valence-electron chi connectivity index (χ4n) is 2.81. The number of fused-ring (bicyclic) bond motifs is 3. The summed E-state index contributed by atoms with van der Waals surface area (Å²) in [6, 6.07) is 19.9. The molecule has 4 aromatic rings. The Morgan fingerprint density at radius 2 is 1.73 bits per heavy atom. The van der Waals surface area contributed by atoms with Gasteiger partial charge in [0.05, 0.1) is 5.52 Å². The van der Waals surface area contributed by atoms with Crippen LogP contribution in [0.5, 0.6) is 0 Å². The molecular weight excluding hydrogens is 272 g/mol. The highest BCUT2D eigenvalue weighted by Gasteiger charge is 2.16. The van der Waals surface area contributed by atoms with Crippen LogP contribution in [0.25, 0.3) is 27.7 Å². The fourth-order valence-corrected chi connectivity index (χ4v) is 2.81. The lowest BCUT2D eigenvalue weighted by molar-refractivity contribution is 1.20. The summed E-state index contributed by atoms with van der Waals surface area (Å²) >= 11 is 0. The second-order valence-corrected chi connectivity index (χ2v) is 5.10. The molecule has 4 nitrogen and oxygen atoms in total. The molecule has 0 unspecified atom stereocenters. The molecule has 104 valence electrons. The number of nitriles is 1. The molecule has 2 aromatic heterocycles. The van der Waals surface area contributed by atoms with Crippen LogP contribution in [0, 0.1) is 11.3 Å². The zero-order chi connectivity index (χ0) is 15.1. The van der Waals surface area contributed by atoms with Crippen molar-refractivity contribution in [3.63, 3.8) is 0 Å². The van der Waals surface area contributed by atoms with Crippen LogP contribution in [0.3, 0.4) is 0 Å². The number of para-hydroxylation sites is 1. The summed E-state index contributed by atoms with van der Waals surface area (Å²) < 4.78 is 1.94. The van der Waals surface area contributed by atoms with E-state index in [2.05, 4.69) is 11.1 Å². The molecule has 2 aromatic carbocycles. The Hall–Kier alpha value is -3.32. The van der Waals surface area contributed by atoms with Gasteiger partial charge in [-0.1, -0.05) is 42.5 Å². The van der Waals surface area contributed by atoms with Gasteiger partial charge in [-0.05, 0) is 17.7 Å². The lowest BCUT2D eigenvalue weighted by Crippen LogP contribution is -1.97. The zero-order valence-electron chi connectivity index (χ0n) is 11.7. The normalized spacial score (nSPS) is 10.9. The first-order valence-electron chi connectivity index (χ1n) is 6.94. The molecule has 0 saturated heterocycles. The van der Waals surface area contributed by atoms with Crippen LogP contribution in [-0.2, 0) is 0 Å². The van der Waals surface area contributed by atoms with E-state index in [0.29, 0.717) is 17.0 Å². The third-order valence-electron chi connectivity index (χ3n) is 3.84. The lowest BCUT2D eigenvalue weighted by atomic mass is 10.1. The van der Waals surface area contributed by atoms with Gasteiger partial charge in [-0.2, -0.15) is 5.26 Å². The number of rotatable bonds is 1. The molecule has 0 atom stereocenters. The van der Waals surface area contributed by atoms with Gasteiger partial charge in [-0.25, -0.2) is 4.98 Å². The van der Waals surface area contributed by atoms with Crippen LogP contribution in [0.15, 0.2) is 60.8 Å². The molecule has 0 bridgehead atoms. The molecule has 4 heteroatoms. The van der Waals surface area contributed by atoms with E-state index in [4.69, 9.17) is 5.73 Å². The Morgan fingerprint density at radius 3 is 2.50 bits per heavy atom. The van der Waals surface area contributed by atoms with Gasteiger partial charge in [-0.3, -0.25) is 4.40 Å². The van der Waals surface area contributed by atoms with Crippen molar-refractivity contribution in [2.24, 2.45) is 0 Å². The van der Waals surface area contributed by atoms with E-state index in [0.717, 1.165) is 22.0 Å². The number of hydrogen-bond acceptors (Lipinski definition) is 3. The van der Waals surface area contributed by atoms with E-state index >= 15 is 0 Å². The summed E-state index contributed by atoms with van der Waals surface area (Å²) in [5.41, 5.74) is 10.0. The molecule has 0 saturated carbocycles. The Kier molecular flexibility index (Phi) is 2.60. The summed E-state index contributed by atoms with van der Waals surface area (Å²) in [6.07, 6.45) is 1.96. The smallest absolute Gasteiger partial charge is 0.158 e. The molecule has 0 radical (unpaired) electrons. The van der Waals surface area contributed by atoms with Crippen LogP contribution >= 0.6 is 0 Å². The van der Waals surface area contributed by atoms with Gasteiger partial charge in [0.15, 0.2) is 5.65 Å². The Balaban J connectivity index is 2.17. The number of hydrogen-bond donors (Lipinski definition) is 1. The van der Waals surface area contributed by atoms with Crippen molar-refractivity contribution in [3.05, 3.63) is 66.4 Å². The van der Waals surface area contributed by atoms with Crippen molar-refractivity contribution in [1.29, 1.82) is 5.26 Å². The maximum absolute atomic E-state index is 9.59. The van der Waals surface area contributed by atoms with Gasteiger partial charge >= 0.3 is 0 Å². The molecule has 0 spiro atoms. The van der Waals surface area contributed by atoms with E-state index in [1.807, 2.05) is 65.2 Å². The SMILES string of the molecule is N#Cc1c(-c2ccccc2)cn2c1nc(N)c1ccccc12. The van der Waals surface area contributed by atoms with Crippen molar-refractivity contribution in [3.8, 4) is 17.2 Å². The summed E-state index contributed by atoms with van der Waals surface area (Å²) in [6.45, 7) is 0. The summed E-state index contributed by atoms with van der Waals surface area (Å²) in [4.78, 5) is 4.44. The molecule has 0 aliphatic carbocycles. The van der Waals surface area contributed by atoms with E-state index < -0.39 is 0 Å². The van der Waals surface area contributed by atoms with E-state index in [1.54, 1.807) is 0 Å². The number of nitrogens with zero attached hydrogens (tertiary/aromatic N) is 3. The highest BCUT2D eigenvalue weighted by molar-refractivity contribution is 5.93. The third kappa shape index (κ3) is 1.66. The first-order valence-corrected chi connectivity index (χ1v) is 6.94. The van der Waals surface area contributed by atoms with Gasteiger partial charge < -0.3 is 5.73 Å². The highest BCUT2D eigenvalue weighted by Crippen LogP contribution is 2.31. The average molecular weight is 284 g/mol. The van der Waals surface area contributed by atoms with Gasteiger partial charge in [0.25, 0.3) is 0 Å². The van der Waals surface area contributed by atoms with E-state index in [1.165, 1.54) is 0 Å². The monoisotopic (exact) mass is 284 g/mol. The van der Waals surface area contributed by atoms with Crippen LogP contribution in [0.2, 0.25) is 0 Å². The maximum Gasteiger partial charge on any atom is 0.158 e. The summed E-state index contributed by atoms with van der Waals surface area (Å²) in [5.74, 6) is 0.442. The number of nitrogens with two attached hydrogens (primary N) is 1. The number of aromatic nitrogens is 2. The molecule has 2 heterocycles. The van der Waals surface area contributed by atoms with Crippen molar-refractivity contribution in [2.75, 3.05) is 5.73 Å². The Morgan fingerprint density at radius 1 is 1.00 bits per heavy atom. The van der Waals surface area contributed by atoms with Crippen molar-refractivity contribution in [2.45, 2.75) is 0 Å². The molecule has 4 rings (SSSR count). The third-order valence-corrected chi connectivity index (χ3v) is 3.84. The molecule has 22 heavy (non-hydrogen) atoms. The van der Waals surface area contributed by atoms with Crippen molar-refractivity contribution in [1.82, 2.24) is 9.38 Å². The molecule has 2 N–H and O–H groups in total. The summed E-state index contributed by atoms with van der Waals surface area (Å²) in [5, 5.41) is 10.5. The first kappa shape index (κ1) is 12.4. The van der Waals surface area contributed by atoms with Crippen LogP contribution < -0.4 is 5.73 Å². The number of anilines is 1. The van der Waals surface area contributed by atoms with Crippen LogP contribution in [-0.4, -0.2) is 9.38 Å². The topological polar surface area (TPSA) is 67.1 Å². The second-order valence-electron chi connectivity index (χ2n) is 5.10. The quantitative estimate of drug-likeness (QED) is 0.580. The van der Waals surface area contributed by atoms with Gasteiger partial charge in [-0.15, -0.1) is 0 Å². The predicted octanol–water partition coefficient (Wildman–Crippen LogP) is 3.61. The number of nitrogen functional groups attached to an aromatic ring is 1. The lowest BCUT2D eigenvalue weighted by Gasteiger charge is -2.04. The number of benzene rings is 2. The molecule has 0 fully saturated rings. The van der Waals surface area contributed by atoms with Crippen LogP contribution in [0.4, 0.5) is 5.82 Å². The molecule has 0 amide bonds. The second kappa shape index (κ2) is 4.61. The van der Waals surface area contributed by atoms with E-state index in [-0.39, 0.29) is 0 Å². The highest BCUT2D eigenvalue weighted by atomic mass is 15.0. The van der Waals surface area contributed by atoms with Gasteiger partial charge in [0.2, 0.25) is 0 Å². The maximum atomic E-state index is 9.59. The van der Waals surface area contributed by atoms with Gasteiger partial charge in [0.1, 0.15) is 17.5 Å². The van der Waals surface area contributed by atoms with Crippen LogP contribution in [0.1, 0.15) is 5.56 Å². The predicted molar refractivity (Wildman–Crippen MR) is 87.3 cm³/mol. The Labute approximate surface area is 127 Å². The standard InChI is InChI=1S/C18H12N4/c19-10-14-15(12-6-2-1-3-7-12)11-22-16-9-5-4-8-13(16)17(20)21-18(14)22/h1-9,11H,(H2,20,21). The largest absolute Gasteiger partial charge is 0.383 e. The Bertz CT molecular complexity index is 1040. The fraction of sp³-hybridized carbons (Fsp3) is 0. The molecule has 0 aliphatic rings. The minimum absolute atomic E-state index is 0.442.